The van der Waals surface area contributed by atoms with Gasteiger partial charge in [-0.3, -0.25) is 0 Å². The van der Waals surface area contributed by atoms with Gasteiger partial charge >= 0.3 is 0 Å². The Kier molecular flexibility index (Phi) is 2.99. The number of hydrogen-bond donors (Lipinski definition) is 1. The fourth-order valence-electron chi connectivity index (χ4n) is 0.998. The molecule has 2 rings (SSSR count). The van der Waals surface area contributed by atoms with Gasteiger partial charge in [-0.1, -0.05) is 29.3 Å². The van der Waals surface area contributed by atoms with E-state index >= 15 is 0 Å². The molecule has 0 saturated heterocycles. The van der Waals surface area contributed by atoms with E-state index in [1.54, 1.807) is 24.4 Å². The number of benzene rings is 1. The average Bonchev–Trinajstić information content (AvgIpc) is 2.69. The van der Waals surface area contributed by atoms with Crippen molar-refractivity contribution >= 4 is 35.4 Å². The maximum Gasteiger partial charge on any atom is 0.245 e. The first-order valence-electron chi connectivity index (χ1n) is 4.10. The monoisotopic (exact) mass is 240 g/mol. The van der Waals surface area contributed by atoms with Gasteiger partial charge in [0.1, 0.15) is 6.33 Å². The molecule has 0 bridgehead atoms. The second kappa shape index (κ2) is 4.42. The zero-order valence-electron chi connectivity index (χ0n) is 7.48. The number of aromatic nitrogens is 3. The Balaban J connectivity index is 2.24. The van der Waals surface area contributed by atoms with E-state index in [0.717, 1.165) is 5.56 Å². The lowest BCUT2D eigenvalue weighted by Gasteiger charge is -1.96. The molecule has 0 atom stereocenters. The Bertz CT molecular complexity index is 479. The van der Waals surface area contributed by atoms with Crippen molar-refractivity contribution in [3.63, 3.8) is 0 Å². The third kappa shape index (κ3) is 2.55. The first-order valence-corrected chi connectivity index (χ1v) is 4.86. The predicted molar refractivity (Wildman–Crippen MR) is 60.1 cm³/mol. The molecule has 15 heavy (non-hydrogen) atoms. The molecule has 0 aliphatic heterocycles. The smallest absolute Gasteiger partial charge is 0.244 e. The Labute approximate surface area is 96.0 Å². The third-order valence-corrected chi connectivity index (χ3v) is 2.25. The SMILES string of the molecule is Clc1ccc(C=Nc2ncn[nH]2)c(Cl)c1. The fourth-order valence-corrected chi connectivity index (χ4v) is 1.46. The number of nitrogens with zero attached hydrogens (tertiary/aromatic N) is 3. The van der Waals surface area contributed by atoms with Gasteiger partial charge in [0.15, 0.2) is 0 Å². The summed E-state index contributed by atoms with van der Waals surface area (Å²) in [7, 11) is 0. The maximum atomic E-state index is 5.95. The van der Waals surface area contributed by atoms with Crippen LogP contribution in [0.2, 0.25) is 10.0 Å². The molecule has 4 nitrogen and oxygen atoms in total. The second-order valence-electron chi connectivity index (χ2n) is 2.73. The van der Waals surface area contributed by atoms with Crippen molar-refractivity contribution in [3.05, 3.63) is 40.1 Å². The molecule has 0 unspecified atom stereocenters. The van der Waals surface area contributed by atoms with Crippen molar-refractivity contribution in [2.45, 2.75) is 0 Å². The normalized spacial score (nSPS) is 11.1. The number of rotatable bonds is 2. The summed E-state index contributed by atoms with van der Waals surface area (Å²) in [6, 6.07) is 5.19. The van der Waals surface area contributed by atoms with Gasteiger partial charge in [-0.25, -0.2) is 10.1 Å². The molecular weight excluding hydrogens is 235 g/mol. The van der Waals surface area contributed by atoms with Gasteiger partial charge in [-0.2, -0.15) is 10.1 Å². The molecule has 6 heteroatoms. The molecule has 0 radical (unpaired) electrons. The van der Waals surface area contributed by atoms with Crippen molar-refractivity contribution in [1.29, 1.82) is 0 Å². The second-order valence-corrected chi connectivity index (χ2v) is 3.58. The number of halogens is 2. The third-order valence-electron chi connectivity index (χ3n) is 1.69. The van der Waals surface area contributed by atoms with Gasteiger partial charge in [-0.15, -0.1) is 0 Å². The largest absolute Gasteiger partial charge is 0.245 e. The lowest BCUT2D eigenvalue weighted by atomic mass is 10.2. The molecule has 1 aromatic heterocycles. The number of H-pyrrole nitrogens is 1. The first kappa shape index (κ1) is 10.1. The molecule has 1 N–H and O–H groups in total. The number of nitrogens with one attached hydrogen (secondary N) is 1. The highest BCUT2D eigenvalue weighted by atomic mass is 35.5. The van der Waals surface area contributed by atoms with Crippen LogP contribution in [0.5, 0.6) is 0 Å². The Hall–Kier alpha value is -1.39. The van der Waals surface area contributed by atoms with Crippen molar-refractivity contribution in [1.82, 2.24) is 15.2 Å². The molecule has 1 heterocycles. The minimum absolute atomic E-state index is 0.431. The summed E-state index contributed by atoms with van der Waals surface area (Å²) in [5.74, 6) is 0.431. The fraction of sp³-hybridized carbons (Fsp3) is 0. The topological polar surface area (TPSA) is 53.9 Å². The van der Waals surface area contributed by atoms with Crippen LogP contribution < -0.4 is 0 Å². The quantitative estimate of drug-likeness (QED) is 0.822. The minimum Gasteiger partial charge on any atom is -0.244 e. The summed E-state index contributed by atoms with van der Waals surface area (Å²) in [5.41, 5.74) is 0.775. The van der Waals surface area contributed by atoms with Gasteiger partial charge in [0, 0.05) is 16.8 Å². The lowest BCUT2D eigenvalue weighted by molar-refractivity contribution is 1.08. The van der Waals surface area contributed by atoms with E-state index in [1.807, 2.05) is 0 Å². The van der Waals surface area contributed by atoms with Crippen LogP contribution in [0.4, 0.5) is 5.95 Å². The van der Waals surface area contributed by atoms with Gasteiger partial charge in [0.05, 0.1) is 5.02 Å². The molecule has 0 aliphatic rings. The molecule has 2 aromatic rings. The average molecular weight is 241 g/mol. The Morgan fingerprint density at radius 1 is 1.33 bits per heavy atom. The zero-order valence-corrected chi connectivity index (χ0v) is 9.00. The molecule has 0 saturated carbocycles. The Morgan fingerprint density at radius 2 is 2.20 bits per heavy atom. The lowest BCUT2D eigenvalue weighted by Crippen LogP contribution is -1.82. The van der Waals surface area contributed by atoms with Crippen LogP contribution in [0.25, 0.3) is 0 Å². The number of aromatic amines is 1. The van der Waals surface area contributed by atoms with Crippen LogP contribution in [0.3, 0.4) is 0 Å². The van der Waals surface area contributed by atoms with E-state index < -0.39 is 0 Å². The van der Waals surface area contributed by atoms with E-state index in [-0.39, 0.29) is 0 Å². The van der Waals surface area contributed by atoms with Crippen LogP contribution in [0.15, 0.2) is 29.5 Å². The zero-order chi connectivity index (χ0) is 10.7. The van der Waals surface area contributed by atoms with Crippen LogP contribution in [-0.4, -0.2) is 21.4 Å². The molecular formula is C9H6Cl2N4. The van der Waals surface area contributed by atoms with Crippen molar-refractivity contribution < 1.29 is 0 Å². The van der Waals surface area contributed by atoms with Crippen LogP contribution in [-0.2, 0) is 0 Å². The van der Waals surface area contributed by atoms with Crippen LogP contribution in [0, 0.1) is 0 Å². The standard InChI is InChI=1S/C9H6Cl2N4/c10-7-2-1-6(8(11)3-7)4-12-9-13-5-14-15-9/h1-5H,(H,13,14,15). The van der Waals surface area contributed by atoms with Gasteiger partial charge < -0.3 is 0 Å². The van der Waals surface area contributed by atoms with Crippen molar-refractivity contribution in [2.24, 2.45) is 4.99 Å². The highest BCUT2D eigenvalue weighted by molar-refractivity contribution is 6.36. The van der Waals surface area contributed by atoms with E-state index in [4.69, 9.17) is 23.2 Å². The van der Waals surface area contributed by atoms with Crippen LogP contribution >= 0.6 is 23.2 Å². The van der Waals surface area contributed by atoms with Gasteiger partial charge in [0.2, 0.25) is 5.95 Å². The van der Waals surface area contributed by atoms with Crippen molar-refractivity contribution in [2.75, 3.05) is 0 Å². The molecule has 0 aliphatic carbocycles. The van der Waals surface area contributed by atoms with E-state index in [2.05, 4.69) is 20.2 Å². The molecule has 0 spiro atoms. The summed E-state index contributed by atoms with van der Waals surface area (Å²) in [4.78, 5) is 7.89. The molecule has 76 valence electrons. The van der Waals surface area contributed by atoms with Gasteiger partial charge in [0.25, 0.3) is 0 Å². The van der Waals surface area contributed by atoms with E-state index in [9.17, 15) is 0 Å². The number of aliphatic imine (C=N–C) groups is 1. The number of hydrogen-bond acceptors (Lipinski definition) is 3. The minimum atomic E-state index is 0.431. The molecule has 0 amide bonds. The highest BCUT2D eigenvalue weighted by Gasteiger charge is 1.98. The predicted octanol–water partition coefficient (Wildman–Crippen LogP) is 2.86. The maximum absolute atomic E-state index is 5.95. The summed E-state index contributed by atoms with van der Waals surface area (Å²) >= 11 is 11.7. The summed E-state index contributed by atoms with van der Waals surface area (Å²) in [5, 5.41) is 7.42. The van der Waals surface area contributed by atoms with E-state index in [1.165, 1.54) is 6.33 Å². The Morgan fingerprint density at radius 3 is 2.87 bits per heavy atom. The van der Waals surface area contributed by atoms with Crippen molar-refractivity contribution in [3.8, 4) is 0 Å². The highest BCUT2D eigenvalue weighted by Crippen LogP contribution is 2.19. The van der Waals surface area contributed by atoms with Gasteiger partial charge in [-0.05, 0) is 12.1 Å². The summed E-state index contributed by atoms with van der Waals surface area (Å²) in [6.45, 7) is 0. The summed E-state index contributed by atoms with van der Waals surface area (Å²) < 4.78 is 0. The molecule has 0 fully saturated rings. The van der Waals surface area contributed by atoms with E-state index in [0.29, 0.717) is 16.0 Å². The van der Waals surface area contributed by atoms with Crippen LogP contribution in [0.1, 0.15) is 5.56 Å². The first-order chi connectivity index (χ1) is 7.25. The molecule has 1 aromatic carbocycles. The summed E-state index contributed by atoms with van der Waals surface area (Å²) in [6.07, 6.45) is 2.98.